The maximum absolute atomic E-state index is 13.1. The summed E-state index contributed by atoms with van der Waals surface area (Å²) in [6, 6.07) is 4.64. The van der Waals surface area contributed by atoms with Gasteiger partial charge in [0.25, 0.3) is 0 Å². The summed E-state index contributed by atoms with van der Waals surface area (Å²) in [6.07, 6.45) is -3.36. The molecule has 2 fully saturated rings. The molecule has 8 heteroatoms. The van der Waals surface area contributed by atoms with Gasteiger partial charge in [0.2, 0.25) is 11.8 Å². The SMILES string of the molecule is CN(Cc1ccccc1C(F)(F)F)C(=O)C1CSC2(C)CCC(=O)N12. The van der Waals surface area contributed by atoms with Crippen molar-refractivity contribution >= 4 is 23.6 Å². The van der Waals surface area contributed by atoms with Crippen LogP contribution in [0.4, 0.5) is 13.2 Å². The van der Waals surface area contributed by atoms with Gasteiger partial charge in [-0.15, -0.1) is 11.8 Å². The number of fused-ring (bicyclic) bond motifs is 1. The molecule has 1 aromatic carbocycles. The molecule has 1 aromatic rings. The van der Waals surface area contributed by atoms with Crippen molar-refractivity contribution in [1.82, 2.24) is 9.80 Å². The zero-order valence-corrected chi connectivity index (χ0v) is 14.8. The molecule has 2 amide bonds. The van der Waals surface area contributed by atoms with Crippen molar-refractivity contribution in [2.75, 3.05) is 12.8 Å². The number of thioether (sulfide) groups is 1. The Morgan fingerprint density at radius 3 is 2.76 bits per heavy atom. The summed E-state index contributed by atoms with van der Waals surface area (Å²) in [5.74, 6) is 0.102. The van der Waals surface area contributed by atoms with E-state index >= 15 is 0 Å². The van der Waals surface area contributed by atoms with Crippen LogP contribution in [-0.4, -0.2) is 45.3 Å². The lowest BCUT2D eigenvalue weighted by atomic mass is 10.1. The average molecular weight is 372 g/mol. The Hall–Kier alpha value is -1.70. The summed E-state index contributed by atoms with van der Waals surface area (Å²) in [7, 11) is 1.48. The van der Waals surface area contributed by atoms with E-state index in [1.54, 1.807) is 16.7 Å². The minimum atomic E-state index is -4.47. The third kappa shape index (κ3) is 3.23. The first-order chi connectivity index (χ1) is 11.6. The number of halogens is 3. The quantitative estimate of drug-likeness (QED) is 0.819. The summed E-state index contributed by atoms with van der Waals surface area (Å²) in [4.78, 5) is 27.4. The maximum atomic E-state index is 13.1. The van der Waals surface area contributed by atoms with Crippen LogP contribution < -0.4 is 0 Å². The van der Waals surface area contributed by atoms with E-state index < -0.39 is 17.8 Å². The first kappa shape index (κ1) is 18.1. The smallest absolute Gasteiger partial charge is 0.340 e. The predicted molar refractivity (Wildman–Crippen MR) is 88.6 cm³/mol. The van der Waals surface area contributed by atoms with Gasteiger partial charge in [-0.1, -0.05) is 18.2 Å². The zero-order valence-electron chi connectivity index (χ0n) is 14.0. The molecule has 0 aromatic heterocycles. The van der Waals surface area contributed by atoms with E-state index in [2.05, 4.69) is 0 Å². The number of nitrogens with zero attached hydrogens (tertiary/aromatic N) is 2. The van der Waals surface area contributed by atoms with Crippen LogP contribution >= 0.6 is 11.8 Å². The highest BCUT2D eigenvalue weighted by Gasteiger charge is 2.53. The van der Waals surface area contributed by atoms with Crippen molar-refractivity contribution in [3.05, 3.63) is 35.4 Å². The molecule has 0 aliphatic carbocycles. The van der Waals surface area contributed by atoms with Gasteiger partial charge in [-0.2, -0.15) is 13.2 Å². The van der Waals surface area contributed by atoms with Crippen molar-refractivity contribution in [2.24, 2.45) is 0 Å². The monoisotopic (exact) mass is 372 g/mol. The standard InChI is InChI=1S/C17H19F3N2O2S/c1-16-8-7-14(23)22(16)13(10-25-16)15(24)21(2)9-11-5-3-4-6-12(11)17(18,19)20/h3-6,13H,7-10H2,1-2H3. The molecule has 2 heterocycles. The number of carbonyl (C=O) groups is 2. The summed E-state index contributed by atoms with van der Waals surface area (Å²) in [5.41, 5.74) is -0.690. The minimum Gasteiger partial charge on any atom is -0.340 e. The van der Waals surface area contributed by atoms with E-state index in [1.807, 2.05) is 6.92 Å². The minimum absolute atomic E-state index is 0.0482. The highest BCUT2D eigenvalue weighted by Crippen LogP contribution is 2.47. The van der Waals surface area contributed by atoms with Crippen molar-refractivity contribution in [3.63, 3.8) is 0 Å². The lowest BCUT2D eigenvalue weighted by molar-refractivity contribution is -0.144. The third-order valence-corrected chi connectivity index (χ3v) is 6.34. The van der Waals surface area contributed by atoms with Crippen LogP contribution in [0.5, 0.6) is 0 Å². The zero-order chi connectivity index (χ0) is 18.4. The Balaban J connectivity index is 1.78. The maximum Gasteiger partial charge on any atom is 0.416 e. The van der Waals surface area contributed by atoms with Crippen LogP contribution in [0.25, 0.3) is 0 Å². The fourth-order valence-corrected chi connectivity index (χ4v) is 4.95. The number of likely N-dealkylation sites (N-methyl/N-ethyl adjacent to an activating group) is 1. The van der Waals surface area contributed by atoms with Crippen LogP contribution in [-0.2, 0) is 22.3 Å². The van der Waals surface area contributed by atoms with Crippen molar-refractivity contribution in [3.8, 4) is 0 Å². The molecule has 0 spiro atoms. The summed E-state index contributed by atoms with van der Waals surface area (Å²) in [6.45, 7) is 1.79. The van der Waals surface area contributed by atoms with Gasteiger partial charge in [0, 0.05) is 25.8 Å². The number of amides is 2. The van der Waals surface area contributed by atoms with Gasteiger partial charge in [0.05, 0.1) is 10.4 Å². The number of hydrogen-bond donors (Lipinski definition) is 0. The molecule has 25 heavy (non-hydrogen) atoms. The van der Waals surface area contributed by atoms with Gasteiger partial charge >= 0.3 is 6.18 Å². The van der Waals surface area contributed by atoms with E-state index in [0.29, 0.717) is 18.6 Å². The normalized spacial score (nSPS) is 26.0. The second kappa shape index (κ2) is 6.23. The summed E-state index contributed by atoms with van der Waals surface area (Å²) in [5, 5.41) is 0. The van der Waals surface area contributed by atoms with E-state index in [4.69, 9.17) is 0 Å². The highest BCUT2D eigenvalue weighted by atomic mass is 32.2. The molecule has 0 saturated carbocycles. The number of alkyl halides is 3. The van der Waals surface area contributed by atoms with E-state index in [1.165, 1.54) is 30.1 Å². The molecule has 3 rings (SSSR count). The van der Waals surface area contributed by atoms with Crippen molar-refractivity contribution < 1.29 is 22.8 Å². The molecular weight excluding hydrogens is 353 g/mol. The average Bonchev–Trinajstić information content (AvgIpc) is 3.03. The molecule has 0 bridgehead atoms. The molecule has 2 atom stereocenters. The molecule has 2 aliphatic heterocycles. The van der Waals surface area contributed by atoms with Gasteiger partial charge in [0.15, 0.2) is 0 Å². The Morgan fingerprint density at radius 1 is 1.40 bits per heavy atom. The van der Waals surface area contributed by atoms with E-state index in [-0.39, 0.29) is 28.8 Å². The molecule has 0 N–H and O–H groups in total. The Bertz CT molecular complexity index is 709. The van der Waals surface area contributed by atoms with Gasteiger partial charge in [0.1, 0.15) is 6.04 Å². The number of hydrogen-bond acceptors (Lipinski definition) is 3. The van der Waals surface area contributed by atoms with Crippen LogP contribution in [0.3, 0.4) is 0 Å². The summed E-state index contributed by atoms with van der Waals surface area (Å²) < 4.78 is 39.4. The predicted octanol–water partition coefficient (Wildman–Crippen LogP) is 3.12. The second-order valence-corrected chi connectivity index (χ2v) is 8.12. The topological polar surface area (TPSA) is 40.6 Å². The van der Waals surface area contributed by atoms with Crippen LogP contribution in [0, 0.1) is 0 Å². The Kier molecular flexibility index (Phi) is 4.51. The molecule has 2 saturated heterocycles. The highest BCUT2D eigenvalue weighted by molar-refractivity contribution is 8.01. The first-order valence-corrected chi connectivity index (χ1v) is 8.98. The number of benzene rings is 1. The lowest BCUT2D eigenvalue weighted by Gasteiger charge is -2.32. The van der Waals surface area contributed by atoms with Gasteiger partial charge in [-0.05, 0) is 25.0 Å². The molecule has 136 valence electrons. The van der Waals surface area contributed by atoms with Crippen LogP contribution in [0.2, 0.25) is 0 Å². The van der Waals surface area contributed by atoms with Gasteiger partial charge in [-0.25, -0.2) is 0 Å². The van der Waals surface area contributed by atoms with Gasteiger partial charge in [-0.3, -0.25) is 9.59 Å². The molecule has 2 unspecified atom stereocenters. The Morgan fingerprint density at radius 2 is 2.08 bits per heavy atom. The number of carbonyl (C=O) groups excluding carboxylic acids is 2. The molecule has 2 aliphatic rings. The second-order valence-electron chi connectivity index (χ2n) is 6.61. The van der Waals surface area contributed by atoms with Crippen LogP contribution in [0.1, 0.15) is 30.9 Å². The van der Waals surface area contributed by atoms with Crippen molar-refractivity contribution in [1.29, 1.82) is 0 Å². The summed E-state index contributed by atoms with van der Waals surface area (Å²) >= 11 is 1.56. The Labute approximate surface area is 148 Å². The lowest BCUT2D eigenvalue weighted by Crippen LogP contribution is -2.50. The molecular formula is C17H19F3N2O2S. The van der Waals surface area contributed by atoms with Crippen molar-refractivity contribution in [2.45, 2.75) is 43.4 Å². The third-order valence-electron chi connectivity index (χ3n) is 4.84. The fraction of sp³-hybridized carbons (Fsp3) is 0.529. The van der Waals surface area contributed by atoms with E-state index in [0.717, 1.165) is 6.07 Å². The van der Waals surface area contributed by atoms with Crippen LogP contribution in [0.15, 0.2) is 24.3 Å². The molecule has 0 radical (unpaired) electrons. The number of rotatable bonds is 3. The largest absolute Gasteiger partial charge is 0.416 e. The van der Waals surface area contributed by atoms with Gasteiger partial charge < -0.3 is 9.80 Å². The van der Waals surface area contributed by atoms with E-state index in [9.17, 15) is 22.8 Å². The molecule has 4 nitrogen and oxygen atoms in total. The first-order valence-electron chi connectivity index (χ1n) is 8.00. The fourth-order valence-electron chi connectivity index (χ4n) is 3.53.